The standard InChI is InChI=1S/C16H12F2N4O3S2/c17-11-8-16(18,6-7-19-11)27-15-12(22(24)25)21-14(26-15)13(23)20-9-10-4-2-1-3-5-10/h1-7H,8-9H2,(H,20,23). The first-order valence-corrected chi connectivity index (χ1v) is 9.25. The quantitative estimate of drug-likeness (QED) is 0.573. The Kier molecular flexibility index (Phi) is 5.61. The van der Waals surface area contributed by atoms with Crippen molar-refractivity contribution in [2.75, 3.05) is 0 Å². The number of nitro groups is 1. The molecule has 140 valence electrons. The second-order valence-electron chi connectivity index (χ2n) is 5.44. The highest BCUT2D eigenvalue weighted by Crippen LogP contribution is 2.46. The van der Waals surface area contributed by atoms with Crippen LogP contribution in [0.5, 0.6) is 0 Å². The Morgan fingerprint density at radius 2 is 2.15 bits per heavy atom. The lowest BCUT2D eigenvalue weighted by Gasteiger charge is -2.20. The molecule has 0 aliphatic carbocycles. The van der Waals surface area contributed by atoms with Gasteiger partial charge in [-0.25, -0.2) is 9.38 Å². The molecule has 7 nitrogen and oxygen atoms in total. The Morgan fingerprint density at radius 3 is 2.81 bits per heavy atom. The van der Waals surface area contributed by atoms with Crippen molar-refractivity contribution in [3.8, 4) is 0 Å². The Bertz CT molecular complexity index is 933. The van der Waals surface area contributed by atoms with Crippen LogP contribution in [0.15, 0.2) is 51.8 Å². The summed E-state index contributed by atoms with van der Waals surface area (Å²) in [4.78, 5) is 29.7. The lowest BCUT2D eigenvalue weighted by Crippen LogP contribution is -2.22. The number of nitrogens with zero attached hydrogens (tertiary/aromatic N) is 3. The maximum atomic E-state index is 14.7. The van der Waals surface area contributed by atoms with Crippen molar-refractivity contribution in [3.63, 3.8) is 0 Å². The molecule has 3 rings (SSSR count). The predicted octanol–water partition coefficient (Wildman–Crippen LogP) is 4.02. The zero-order valence-electron chi connectivity index (χ0n) is 13.6. The zero-order chi connectivity index (χ0) is 19.4. The van der Waals surface area contributed by atoms with E-state index in [-0.39, 0.29) is 15.8 Å². The number of benzene rings is 1. The number of amides is 1. The van der Waals surface area contributed by atoms with E-state index in [2.05, 4.69) is 15.3 Å². The first-order chi connectivity index (χ1) is 12.9. The molecule has 1 aliphatic heterocycles. The summed E-state index contributed by atoms with van der Waals surface area (Å²) in [5.74, 6) is -2.16. The van der Waals surface area contributed by atoms with E-state index in [1.165, 1.54) is 0 Å². The van der Waals surface area contributed by atoms with Crippen molar-refractivity contribution < 1.29 is 18.5 Å². The normalized spacial score (nSPS) is 18.8. The van der Waals surface area contributed by atoms with E-state index in [4.69, 9.17) is 0 Å². The topological polar surface area (TPSA) is 97.5 Å². The van der Waals surface area contributed by atoms with Crippen LogP contribution in [0.2, 0.25) is 0 Å². The van der Waals surface area contributed by atoms with Gasteiger partial charge >= 0.3 is 11.7 Å². The number of aromatic nitrogens is 1. The number of rotatable bonds is 6. The third-order valence-corrected chi connectivity index (χ3v) is 5.76. The smallest absolute Gasteiger partial charge is 0.358 e. The second kappa shape index (κ2) is 7.92. The fourth-order valence-electron chi connectivity index (χ4n) is 2.19. The van der Waals surface area contributed by atoms with E-state index in [0.717, 1.165) is 17.8 Å². The Labute approximate surface area is 160 Å². The molecule has 1 atom stereocenters. The number of halogens is 2. The summed E-state index contributed by atoms with van der Waals surface area (Å²) >= 11 is 1.12. The molecule has 1 unspecified atom stereocenters. The van der Waals surface area contributed by atoms with E-state index in [1.54, 1.807) is 0 Å². The number of alkyl halides is 1. The molecule has 0 radical (unpaired) electrons. The van der Waals surface area contributed by atoms with Gasteiger partial charge < -0.3 is 15.4 Å². The third-order valence-electron chi connectivity index (χ3n) is 3.43. The van der Waals surface area contributed by atoms with Crippen LogP contribution in [-0.2, 0) is 6.54 Å². The summed E-state index contributed by atoms with van der Waals surface area (Å²) in [7, 11) is 0. The van der Waals surface area contributed by atoms with Crippen LogP contribution in [0.3, 0.4) is 0 Å². The summed E-state index contributed by atoms with van der Waals surface area (Å²) < 4.78 is 27.9. The monoisotopic (exact) mass is 410 g/mol. The maximum absolute atomic E-state index is 14.7. The molecule has 0 saturated heterocycles. The number of hydrogen-bond donors (Lipinski definition) is 1. The van der Waals surface area contributed by atoms with Crippen LogP contribution in [0.4, 0.5) is 14.6 Å². The Hall–Kier alpha value is -2.66. The number of aliphatic imine (C=N–C) groups is 1. The van der Waals surface area contributed by atoms with Gasteiger partial charge in [0.25, 0.3) is 5.01 Å². The number of thioether (sulfide) groups is 1. The molecule has 0 bridgehead atoms. The van der Waals surface area contributed by atoms with E-state index in [9.17, 15) is 23.7 Å². The predicted molar refractivity (Wildman–Crippen MR) is 98.4 cm³/mol. The minimum absolute atomic E-state index is 0.119. The number of thiazole rings is 1. The minimum atomic E-state index is -2.24. The van der Waals surface area contributed by atoms with E-state index < -0.39 is 34.0 Å². The van der Waals surface area contributed by atoms with Gasteiger partial charge in [0.05, 0.1) is 6.42 Å². The number of carbonyl (C=O) groups excluding carboxylic acids is 1. The minimum Gasteiger partial charge on any atom is -0.358 e. The molecule has 1 amide bonds. The van der Waals surface area contributed by atoms with Gasteiger partial charge in [-0.15, -0.1) is 0 Å². The second-order valence-corrected chi connectivity index (χ2v) is 7.99. The molecule has 1 aromatic carbocycles. The lowest BCUT2D eigenvalue weighted by molar-refractivity contribution is -0.391. The summed E-state index contributed by atoms with van der Waals surface area (Å²) in [5.41, 5.74) is 0.844. The molecule has 2 aromatic rings. The van der Waals surface area contributed by atoms with E-state index in [1.807, 2.05) is 30.3 Å². The molecule has 2 heterocycles. The van der Waals surface area contributed by atoms with Gasteiger partial charge in [-0.3, -0.25) is 4.79 Å². The largest absolute Gasteiger partial charge is 0.389 e. The summed E-state index contributed by atoms with van der Waals surface area (Å²) in [6, 6.07) is 9.07. The molecule has 0 saturated carbocycles. The van der Waals surface area contributed by atoms with Crippen LogP contribution < -0.4 is 5.32 Å². The molecular formula is C16H12F2N4O3S2. The average Bonchev–Trinajstić information content (AvgIpc) is 3.04. The van der Waals surface area contributed by atoms with Crippen LogP contribution in [0, 0.1) is 10.1 Å². The fourth-order valence-corrected chi connectivity index (χ4v) is 4.53. The number of hydrogen-bond acceptors (Lipinski definition) is 7. The van der Waals surface area contributed by atoms with Crippen molar-refractivity contribution in [2.45, 2.75) is 22.2 Å². The van der Waals surface area contributed by atoms with Gasteiger partial charge in [0.1, 0.15) is 0 Å². The van der Waals surface area contributed by atoms with Crippen LogP contribution in [0.1, 0.15) is 21.8 Å². The highest BCUT2D eigenvalue weighted by Gasteiger charge is 2.38. The van der Waals surface area contributed by atoms with Gasteiger partial charge in [0.15, 0.2) is 15.2 Å². The maximum Gasteiger partial charge on any atom is 0.389 e. The SMILES string of the molecule is O=C(NCc1ccccc1)c1nc([N+](=O)[O-])c(SC2(F)C=CN=C(F)C2)s1. The summed E-state index contributed by atoms with van der Waals surface area (Å²) in [6.07, 6.45) is 1.32. The Balaban J connectivity index is 1.77. The highest BCUT2D eigenvalue weighted by atomic mass is 32.2. The molecule has 1 aromatic heterocycles. The van der Waals surface area contributed by atoms with Crippen molar-refractivity contribution in [3.05, 3.63) is 63.3 Å². The third kappa shape index (κ3) is 4.74. The lowest BCUT2D eigenvalue weighted by atomic mass is 10.2. The van der Waals surface area contributed by atoms with E-state index in [0.29, 0.717) is 23.1 Å². The van der Waals surface area contributed by atoms with Gasteiger partial charge in [0, 0.05) is 12.7 Å². The molecule has 11 heteroatoms. The number of nitrogens with one attached hydrogen (secondary N) is 1. The zero-order valence-corrected chi connectivity index (χ0v) is 15.2. The van der Waals surface area contributed by atoms with Crippen LogP contribution >= 0.6 is 23.1 Å². The van der Waals surface area contributed by atoms with Gasteiger partial charge in [-0.05, 0) is 21.5 Å². The van der Waals surface area contributed by atoms with Crippen molar-refractivity contribution >= 4 is 40.8 Å². The molecule has 1 aliphatic rings. The fraction of sp³-hybridized carbons (Fsp3) is 0.188. The molecule has 0 spiro atoms. The van der Waals surface area contributed by atoms with Crippen LogP contribution in [0.25, 0.3) is 0 Å². The average molecular weight is 410 g/mol. The first-order valence-electron chi connectivity index (χ1n) is 7.61. The Morgan fingerprint density at radius 1 is 1.41 bits per heavy atom. The summed E-state index contributed by atoms with van der Waals surface area (Å²) in [6.45, 7) is 0.215. The molecule has 27 heavy (non-hydrogen) atoms. The van der Waals surface area contributed by atoms with Crippen LogP contribution in [-0.4, -0.2) is 26.8 Å². The number of carbonyl (C=O) groups is 1. The van der Waals surface area contributed by atoms with Crippen molar-refractivity contribution in [1.29, 1.82) is 0 Å². The summed E-state index contributed by atoms with van der Waals surface area (Å²) in [5, 5.41) is 11.4. The van der Waals surface area contributed by atoms with Gasteiger partial charge in [0.2, 0.25) is 0 Å². The van der Waals surface area contributed by atoms with Crippen molar-refractivity contribution in [1.82, 2.24) is 10.3 Å². The van der Waals surface area contributed by atoms with Gasteiger partial charge in [-0.1, -0.05) is 53.4 Å². The van der Waals surface area contributed by atoms with E-state index >= 15 is 0 Å². The molecular weight excluding hydrogens is 398 g/mol. The molecule has 1 N–H and O–H groups in total. The van der Waals surface area contributed by atoms with Gasteiger partial charge in [-0.2, -0.15) is 4.39 Å². The first kappa shape index (κ1) is 19.1. The van der Waals surface area contributed by atoms with Crippen molar-refractivity contribution in [2.24, 2.45) is 4.99 Å². The highest BCUT2D eigenvalue weighted by molar-refractivity contribution is 8.02. The molecule has 0 fully saturated rings.